The summed E-state index contributed by atoms with van der Waals surface area (Å²) in [6, 6.07) is 8.00. The third-order valence-corrected chi connectivity index (χ3v) is 7.89. The summed E-state index contributed by atoms with van der Waals surface area (Å²) in [6.07, 6.45) is 2.97. The zero-order chi connectivity index (χ0) is 22.1. The normalized spacial score (nSPS) is 15.7. The second-order valence-electron chi connectivity index (χ2n) is 7.71. The largest absolute Gasteiger partial charge is 0.337 e. The first-order valence-corrected chi connectivity index (χ1v) is 11.4. The molecule has 7 heteroatoms. The fourth-order valence-corrected chi connectivity index (χ4v) is 5.73. The van der Waals surface area contributed by atoms with Crippen LogP contribution in [-0.4, -0.2) is 49.7 Å². The Morgan fingerprint density at radius 1 is 0.967 bits per heavy atom. The number of halogens is 1. The van der Waals surface area contributed by atoms with Gasteiger partial charge in [0, 0.05) is 32.3 Å². The van der Waals surface area contributed by atoms with Crippen LogP contribution >= 0.6 is 0 Å². The van der Waals surface area contributed by atoms with E-state index in [0.717, 1.165) is 22.3 Å². The molecule has 0 bridgehead atoms. The quantitative estimate of drug-likeness (QED) is 0.697. The lowest BCUT2D eigenvalue weighted by Gasteiger charge is -2.34. The Kier molecular flexibility index (Phi) is 6.43. The van der Waals surface area contributed by atoms with Crippen LogP contribution in [0.3, 0.4) is 0 Å². The van der Waals surface area contributed by atoms with Gasteiger partial charge in [-0.25, -0.2) is 12.8 Å². The van der Waals surface area contributed by atoms with Crippen molar-refractivity contribution in [3.8, 4) is 0 Å². The zero-order valence-corrected chi connectivity index (χ0v) is 18.6. The molecule has 2 aromatic rings. The van der Waals surface area contributed by atoms with Crippen LogP contribution < -0.4 is 0 Å². The summed E-state index contributed by atoms with van der Waals surface area (Å²) in [5, 5.41) is 0. The lowest BCUT2D eigenvalue weighted by Crippen LogP contribution is -2.50. The van der Waals surface area contributed by atoms with Gasteiger partial charge in [0.05, 0.1) is 4.90 Å². The van der Waals surface area contributed by atoms with E-state index in [1.165, 1.54) is 22.5 Å². The molecule has 0 spiro atoms. The molecule has 2 aromatic carbocycles. The smallest absolute Gasteiger partial charge is 0.246 e. The highest BCUT2D eigenvalue weighted by Crippen LogP contribution is 2.29. The highest BCUT2D eigenvalue weighted by atomic mass is 32.2. The highest BCUT2D eigenvalue weighted by molar-refractivity contribution is 7.89. The molecule has 1 fully saturated rings. The predicted molar refractivity (Wildman–Crippen MR) is 116 cm³/mol. The third kappa shape index (κ3) is 4.47. The minimum Gasteiger partial charge on any atom is -0.337 e. The van der Waals surface area contributed by atoms with Crippen LogP contribution in [0, 0.1) is 33.5 Å². The van der Waals surface area contributed by atoms with E-state index in [-0.39, 0.29) is 24.8 Å². The fraction of sp³-hybridized carbons (Fsp3) is 0.348. The van der Waals surface area contributed by atoms with Crippen LogP contribution in [0.1, 0.15) is 27.8 Å². The van der Waals surface area contributed by atoms with Gasteiger partial charge in [-0.3, -0.25) is 4.79 Å². The molecular formula is C23H27FN2O3S. The summed E-state index contributed by atoms with van der Waals surface area (Å²) in [5.41, 5.74) is 4.05. The Morgan fingerprint density at radius 3 is 2.13 bits per heavy atom. The second kappa shape index (κ2) is 8.70. The Labute approximate surface area is 177 Å². The number of carbonyl (C=O) groups is 1. The number of nitrogens with zero attached hydrogens (tertiary/aromatic N) is 2. The van der Waals surface area contributed by atoms with Crippen molar-refractivity contribution >= 4 is 22.0 Å². The number of hydrogen-bond acceptors (Lipinski definition) is 3. The van der Waals surface area contributed by atoms with Gasteiger partial charge in [0.15, 0.2) is 0 Å². The average molecular weight is 431 g/mol. The van der Waals surface area contributed by atoms with E-state index in [2.05, 4.69) is 0 Å². The van der Waals surface area contributed by atoms with Gasteiger partial charge in [0.1, 0.15) is 5.82 Å². The highest BCUT2D eigenvalue weighted by Gasteiger charge is 2.32. The molecule has 1 amide bonds. The maximum atomic E-state index is 13.3. The van der Waals surface area contributed by atoms with Gasteiger partial charge >= 0.3 is 0 Å². The van der Waals surface area contributed by atoms with Crippen LogP contribution in [0.2, 0.25) is 0 Å². The standard InChI is InChI=1S/C23H27FN2O3S/c1-16-14-17(2)19(4)23(18(16)3)30(28,29)26-12-10-25(11-13-26)22(27)9-8-20-6-5-7-21(24)15-20/h5-9,14-15H,10-13H2,1-4H3/b9-8+. The van der Waals surface area contributed by atoms with Crippen molar-refractivity contribution in [3.63, 3.8) is 0 Å². The molecule has 0 aromatic heterocycles. The monoisotopic (exact) mass is 430 g/mol. The Bertz CT molecular complexity index is 1080. The first-order chi connectivity index (χ1) is 14.1. The van der Waals surface area contributed by atoms with Crippen LogP contribution in [-0.2, 0) is 14.8 Å². The minimum atomic E-state index is -3.64. The van der Waals surface area contributed by atoms with Crippen molar-refractivity contribution in [1.82, 2.24) is 9.21 Å². The number of carbonyl (C=O) groups excluding carboxylic acids is 1. The van der Waals surface area contributed by atoms with Gasteiger partial charge in [-0.1, -0.05) is 18.2 Å². The number of amides is 1. The Hall–Kier alpha value is -2.51. The lowest BCUT2D eigenvalue weighted by molar-refractivity contribution is -0.127. The van der Waals surface area contributed by atoms with Crippen molar-refractivity contribution < 1.29 is 17.6 Å². The van der Waals surface area contributed by atoms with E-state index in [9.17, 15) is 17.6 Å². The first-order valence-electron chi connectivity index (χ1n) is 9.91. The van der Waals surface area contributed by atoms with E-state index in [1.807, 2.05) is 33.8 Å². The van der Waals surface area contributed by atoms with E-state index in [1.54, 1.807) is 23.1 Å². The van der Waals surface area contributed by atoms with Gasteiger partial charge in [0.2, 0.25) is 15.9 Å². The number of aryl methyl sites for hydroxylation is 2. The fourth-order valence-electron chi connectivity index (χ4n) is 3.73. The van der Waals surface area contributed by atoms with Crippen molar-refractivity contribution in [2.45, 2.75) is 32.6 Å². The summed E-state index contributed by atoms with van der Waals surface area (Å²) in [6.45, 7) is 8.63. The topological polar surface area (TPSA) is 57.7 Å². The first kappa shape index (κ1) is 22.2. The lowest BCUT2D eigenvalue weighted by atomic mass is 10.0. The molecule has 5 nitrogen and oxygen atoms in total. The second-order valence-corrected chi connectivity index (χ2v) is 9.58. The number of sulfonamides is 1. The van der Waals surface area contributed by atoms with Crippen molar-refractivity contribution in [3.05, 3.63) is 70.0 Å². The summed E-state index contributed by atoms with van der Waals surface area (Å²) in [7, 11) is -3.64. The average Bonchev–Trinajstić information content (AvgIpc) is 2.71. The molecule has 1 saturated heterocycles. The zero-order valence-electron chi connectivity index (χ0n) is 17.8. The van der Waals surface area contributed by atoms with Crippen molar-refractivity contribution in [1.29, 1.82) is 0 Å². The molecule has 0 aliphatic carbocycles. The molecule has 1 aliphatic rings. The number of piperazine rings is 1. The van der Waals surface area contributed by atoms with Crippen LogP contribution in [0.4, 0.5) is 4.39 Å². The van der Waals surface area contributed by atoms with Crippen LogP contribution in [0.5, 0.6) is 0 Å². The SMILES string of the molecule is Cc1cc(C)c(C)c(S(=O)(=O)N2CCN(C(=O)/C=C/c3cccc(F)c3)CC2)c1C. The molecule has 3 rings (SSSR count). The minimum absolute atomic E-state index is 0.213. The molecular weight excluding hydrogens is 403 g/mol. The van der Waals surface area contributed by atoms with Gasteiger partial charge < -0.3 is 4.90 Å². The van der Waals surface area contributed by atoms with E-state index in [4.69, 9.17) is 0 Å². The van der Waals surface area contributed by atoms with Gasteiger partial charge in [-0.15, -0.1) is 0 Å². The molecule has 0 N–H and O–H groups in total. The van der Waals surface area contributed by atoms with Crippen molar-refractivity contribution in [2.24, 2.45) is 0 Å². The summed E-state index contributed by atoms with van der Waals surface area (Å²) in [4.78, 5) is 14.5. The van der Waals surface area contributed by atoms with Gasteiger partial charge in [-0.2, -0.15) is 4.31 Å². The molecule has 0 radical (unpaired) electrons. The molecule has 0 saturated carbocycles. The van der Waals surface area contributed by atoms with Gasteiger partial charge in [0.25, 0.3) is 0 Å². The number of rotatable bonds is 4. The van der Waals surface area contributed by atoms with E-state index in [0.29, 0.717) is 23.5 Å². The van der Waals surface area contributed by atoms with Crippen molar-refractivity contribution in [2.75, 3.05) is 26.2 Å². The maximum Gasteiger partial charge on any atom is 0.246 e. The van der Waals surface area contributed by atoms with Crippen LogP contribution in [0.15, 0.2) is 41.3 Å². The Morgan fingerprint density at radius 2 is 1.57 bits per heavy atom. The van der Waals surface area contributed by atoms with E-state index >= 15 is 0 Å². The summed E-state index contributed by atoms with van der Waals surface area (Å²) in [5.74, 6) is -0.574. The Balaban J connectivity index is 1.72. The molecule has 160 valence electrons. The summed E-state index contributed by atoms with van der Waals surface area (Å²) < 4.78 is 41.4. The molecule has 1 aliphatic heterocycles. The molecule has 30 heavy (non-hydrogen) atoms. The van der Waals surface area contributed by atoms with Gasteiger partial charge in [-0.05, 0) is 73.7 Å². The molecule has 1 heterocycles. The van der Waals surface area contributed by atoms with Crippen LogP contribution in [0.25, 0.3) is 6.08 Å². The molecule has 0 unspecified atom stereocenters. The third-order valence-electron chi connectivity index (χ3n) is 5.71. The summed E-state index contributed by atoms with van der Waals surface area (Å²) >= 11 is 0. The predicted octanol–water partition coefficient (Wildman–Crippen LogP) is 3.61. The maximum absolute atomic E-state index is 13.3. The number of benzene rings is 2. The van der Waals surface area contributed by atoms with E-state index < -0.39 is 10.0 Å². The number of hydrogen-bond donors (Lipinski definition) is 0. The molecule has 0 atom stereocenters.